The van der Waals surface area contributed by atoms with E-state index in [0.29, 0.717) is 25.9 Å². The maximum Gasteiger partial charge on any atom is 0.263 e. The molecule has 1 aliphatic rings. The summed E-state index contributed by atoms with van der Waals surface area (Å²) in [5.41, 5.74) is 0.121. The summed E-state index contributed by atoms with van der Waals surface area (Å²) in [5.74, 6) is -0.155. The van der Waals surface area contributed by atoms with Gasteiger partial charge < -0.3 is 15.1 Å². The zero-order valence-corrected chi connectivity index (χ0v) is 12.9. The Kier molecular flexibility index (Phi) is 7.30. The monoisotopic (exact) mass is 292 g/mol. The molecule has 0 aromatic rings. The van der Waals surface area contributed by atoms with Crippen molar-refractivity contribution < 1.29 is 9.59 Å². The smallest absolute Gasteiger partial charge is 0.263 e. The van der Waals surface area contributed by atoms with E-state index in [9.17, 15) is 9.59 Å². The summed E-state index contributed by atoms with van der Waals surface area (Å²) in [6.45, 7) is 7.41. The standard InChI is InChI=1S/C15H24N4O2/c1-3-18(4-2)12-13(11-16)15(21)17-8-6-10-19-9-5-7-14(19)20/h12H,3-10H2,1-2H3,(H,17,21)/b13-12-. The van der Waals surface area contributed by atoms with E-state index in [1.165, 1.54) is 0 Å². The summed E-state index contributed by atoms with van der Waals surface area (Å²) in [6.07, 6.45) is 3.87. The summed E-state index contributed by atoms with van der Waals surface area (Å²) >= 11 is 0. The van der Waals surface area contributed by atoms with Gasteiger partial charge in [0.05, 0.1) is 0 Å². The highest BCUT2D eigenvalue weighted by molar-refractivity contribution is 5.97. The third-order valence-corrected chi connectivity index (χ3v) is 3.55. The number of rotatable bonds is 8. The molecular formula is C15H24N4O2. The molecule has 0 spiro atoms. The molecule has 1 heterocycles. The number of hydrogen-bond acceptors (Lipinski definition) is 4. The number of carbonyl (C=O) groups excluding carboxylic acids is 2. The van der Waals surface area contributed by atoms with E-state index in [1.54, 1.807) is 6.20 Å². The quantitative estimate of drug-likeness (QED) is 0.409. The van der Waals surface area contributed by atoms with E-state index < -0.39 is 0 Å². The molecule has 0 aromatic carbocycles. The molecule has 0 bridgehead atoms. The van der Waals surface area contributed by atoms with Gasteiger partial charge >= 0.3 is 0 Å². The first-order valence-corrected chi connectivity index (χ1v) is 7.54. The molecule has 21 heavy (non-hydrogen) atoms. The van der Waals surface area contributed by atoms with E-state index in [0.717, 1.165) is 26.1 Å². The van der Waals surface area contributed by atoms with Gasteiger partial charge in [0.15, 0.2) is 0 Å². The number of carbonyl (C=O) groups is 2. The lowest BCUT2D eigenvalue weighted by Crippen LogP contribution is -2.31. The Balaban J connectivity index is 2.34. The number of nitriles is 1. The Morgan fingerprint density at radius 3 is 2.71 bits per heavy atom. The lowest BCUT2D eigenvalue weighted by atomic mass is 10.2. The summed E-state index contributed by atoms with van der Waals surface area (Å²) in [4.78, 5) is 27.0. The molecule has 6 nitrogen and oxygen atoms in total. The fourth-order valence-corrected chi connectivity index (χ4v) is 2.23. The summed E-state index contributed by atoms with van der Waals surface area (Å²) < 4.78 is 0. The maximum absolute atomic E-state index is 11.9. The first kappa shape index (κ1) is 17.0. The summed E-state index contributed by atoms with van der Waals surface area (Å²) in [6, 6.07) is 1.93. The van der Waals surface area contributed by atoms with Crippen LogP contribution in [0.15, 0.2) is 11.8 Å². The van der Waals surface area contributed by atoms with Crippen molar-refractivity contribution in [1.29, 1.82) is 5.26 Å². The van der Waals surface area contributed by atoms with Gasteiger partial charge in [-0.1, -0.05) is 0 Å². The zero-order chi connectivity index (χ0) is 15.7. The molecule has 0 saturated carbocycles. The van der Waals surface area contributed by atoms with Crippen LogP contribution >= 0.6 is 0 Å². The van der Waals surface area contributed by atoms with Crippen molar-refractivity contribution in [1.82, 2.24) is 15.1 Å². The Hall–Kier alpha value is -2.03. The highest BCUT2D eigenvalue weighted by Crippen LogP contribution is 2.09. The second-order valence-corrected chi connectivity index (χ2v) is 4.97. The first-order valence-electron chi connectivity index (χ1n) is 7.54. The Bertz CT molecular complexity index is 435. The average Bonchev–Trinajstić information content (AvgIpc) is 2.90. The van der Waals surface area contributed by atoms with Crippen molar-refractivity contribution in [2.45, 2.75) is 33.1 Å². The molecule has 1 N–H and O–H groups in total. The van der Waals surface area contributed by atoms with Crippen molar-refractivity contribution in [3.05, 3.63) is 11.8 Å². The van der Waals surface area contributed by atoms with Crippen LogP contribution in [0.25, 0.3) is 0 Å². The van der Waals surface area contributed by atoms with Gasteiger partial charge in [-0.05, 0) is 26.7 Å². The van der Waals surface area contributed by atoms with Gasteiger partial charge in [0, 0.05) is 45.3 Å². The van der Waals surface area contributed by atoms with Gasteiger partial charge in [-0.3, -0.25) is 9.59 Å². The fourth-order valence-electron chi connectivity index (χ4n) is 2.23. The third-order valence-electron chi connectivity index (χ3n) is 3.55. The zero-order valence-electron chi connectivity index (χ0n) is 12.9. The molecule has 1 fully saturated rings. The highest BCUT2D eigenvalue weighted by atomic mass is 16.2. The molecule has 1 rings (SSSR count). The molecule has 0 unspecified atom stereocenters. The van der Waals surface area contributed by atoms with Crippen LogP contribution in [0.4, 0.5) is 0 Å². The van der Waals surface area contributed by atoms with Gasteiger partial charge in [0.25, 0.3) is 5.91 Å². The highest BCUT2D eigenvalue weighted by Gasteiger charge is 2.19. The predicted octanol–water partition coefficient (Wildman–Crippen LogP) is 0.864. The van der Waals surface area contributed by atoms with Gasteiger partial charge in [-0.15, -0.1) is 0 Å². The Morgan fingerprint density at radius 2 is 2.19 bits per heavy atom. The molecule has 1 aliphatic heterocycles. The largest absolute Gasteiger partial charge is 0.377 e. The van der Waals surface area contributed by atoms with Crippen LogP contribution in [-0.2, 0) is 9.59 Å². The van der Waals surface area contributed by atoms with Crippen molar-refractivity contribution >= 4 is 11.8 Å². The number of nitrogens with one attached hydrogen (secondary N) is 1. The number of hydrogen-bond donors (Lipinski definition) is 1. The normalized spacial score (nSPS) is 15.0. The van der Waals surface area contributed by atoms with Crippen molar-refractivity contribution in [2.75, 3.05) is 32.7 Å². The van der Waals surface area contributed by atoms with Crippen LogP contribution in [0, 0.1) is 11.3 Å². The summed E-state index contributed by atoms with van der Waals surface area (Å²) in [5, 5.41) is 11.8. The van der Waals surface area contributed by atoms with Crippen LogP contribution in [0.2, 0.25) is 0 Å². The Labute approximate surface area is 126 Å². The third kappa shape index (κ3) is 5.46. The molecule has 6 heteroatoms. The van der Waals surface area contributed by atoms with Crippen molar-refractivity contribution in [3.8, 4) is 6.07 Å². The molecule has 0 aliphatic carbocycles. The van der Waals surface area contributed by atoms with Gasteiger partial charge in [0.1, 0.15) is 11.6 Å². The topological polar surface area (TPSA) is 76.4 Å². The van der Waals surface area contributed by atoms with E-state index in [1.807, 2.05) is 29.7 Å². The summed E-state index contributed by atoms with van der Waals surface area (Å²) in [7, 11) is 0. The fraction of sp³-hybridized carbons (Fsp3) is 0.667. The van der Waals surface area contributed by atoms with Crippen LogP contribution in [0.5, 0.6) is 0 Å². The minimum absolute atomic E-state index is 0.121. The van der Waals surface area contributed by atoms with E-state index in [-0.39, 0.29) is 17.4 Å². The van der Waals surface area contributed by atoms with Crippen molar-refractivity contribution in [2.24, 2.45) is 0 Å². The SMILES string of the molecule is CCN(/C=C(/C#N)C(=O)NCCCN1CCCC1=O)CC. The first-order chi connectivity index (χ1) is 10.1. The Morgan fingerprint density at radius 1 is 1.48 bits per heavy atom. The lowest BCUT2D eigenvalue weighted by molar-refractivity contribution is -0.127. The average molecular weight is 292 g/mol. The molecule has 116 valence electrons. The molecule has 0 aromatic heterocycles. The molecule has 1 saturated heterocycles. The van der Waals surface area contributed by atoms with Crippen LogP contribution in [-0.4, -0.2) is 54.3 Å². The van der Waals surface area contributed by atoms with Gasteiger partial charge in [0.2, 0.25) is 5.91 Å². The van der Waals surface area contributed by atoms with Crippen LogP contribution in [0.3, 0.4) is 0 Å². The van der Waals surface area contributed by atoms with Crippen molar-refractivity contribution in [3.63, 3.8) is 0 Å². The second kappa shape index (κ2) is 9.01. The lowest BCUT2D eigenvalue weighted by Gasteiger charge is -2.16. The second-order valence-electron chi connectivity index (χ2n) is 4.97. The molecule has 0 atom stereocenters. The van der Waals surface area contributed by atoms with Gasteiger partial charge in [-0.25, -0.2) is 0 Å². The maximum atomic E-state index is 11.9. The molecular weight excluding hydrogens is 268 g/mol. The molecule has 0 radical (unpaired) electrons. The van der Waals surface area contributed by atoms with E-state index in [2.05, 4.69) is 5.32 Å². The van der Waals surface area contributed by atoms with E-state index in [4.69, 9.17) is 5.26 Å². The van der Waals surface area contributed by atoms with Crippen LogP contribution in [0.1, 0.15) is 33.1 Å². The van der Waals surface area contributed by atoms with Crippen LogP contribution < -0.4 is 5.32 Å². The van der Waals surface area contributed by atoms with E-state index >= 15 is 0 Å². The minimum atomic E-state index is -0.350. The predicted molar refractivity (Wildman–Crippen MR) is 80.1 cm³/mol. The number of nitrogens with zero attached hydrogens (tertiary/aromatic N) is 3. The minimum Gasteiger partial charge on any atom is -0.377 e. The molecule has 2 amide bonds. The van der Waals surface area contributed by atoms with Gasteiger partial charge in [-0.2, -0.15) is 5.26 Å². The number of amides is 2. The number of likely N-dealkylation sites (tertiary alicyclic amines) is 1.